The Morgan fingerprint density at radius 3 is 2.79 bits per heavy atom. The van der Waals surface area contributed by atoms with Crippen LogP contribution in [0.5, 0.6) is 0 Å². The molecular formula is C10H9BrO2S. The van der Waals surface area contributed by atoms with Crippen LogP contribution in [0.1, 0.15) is 23.2 Å². The van der Waals surface area contributed by atoms with Gasteiger partial charge in [0, 0.05) is 14.6 Å². The minimum Gasteiger partial charge on any atom is -0.478 e. The number of hydrogen-bond donors (Lipinski definition) is 1. The van der Waals surface area contributed by atoms with E-state index in [2.05, 4.69) is 15.9 Å². The van der Waals surface area contributed by atoms with E-state index in [0.29, 0.717) is 10.8 Å². The average Bonchev–Trinajstić information content (AvgIpc) is 2.87. The maximum Gasteiger partial charge on any atom is 0.336 e. The van der Waals surface area contributed by atoms with Crippen LogP contribution in [0.15, 0.2) is 27.6 Å². The summed E-state index contributed by atoms with van der Waals surface area (Å²) in [4.78, 5) is 11.8. The Morgan fingerprint density at radius 1 is 1.50 bits per heavy atom. The van der Waals surface area contributed by atoms with E-state index in [1.807, 2.05) is 6.07 Å². The Morgan fingerprint density at radius 2 is 2.21 bits per heavy atom. The normalized spacial score (nSPS) is 15.5. The predicted octanol–water partition coefficient (Wildman–Crippen LogP) is 3.40. The quantitative estimate of drug-likeness (QED) is 0.917. The highest BCUT2D eigenvalue weighted by Gasteiger charge is 2.24. The highest BCUT2D eigenvalue weighted by atomic mass is 79.9. The summed E-state index contributed by atoms with van der Waals surface area (Å²) in [7, 11) is 0. The molecule has 0 heterocycles. The highest BCUT2D eigenvalue weighted by molar-refractivity contribution is 9.10. The lowest BCUT2D eigenvalue weighted by Gasteiger charge is -2.04. The van der Waals surface area contributed by atoms with Gasteiger partial charge >= 0.3 is 5.97 Å². The van der Waals surface area contributed by atoms with Crippen molar-refractivity contribution in [1.82, 2.24) is 0 Å². The Balaban J connectivity index is 2.31. The molecule has 0 aromatic heterocycles. The van der Waals surface area contributed by atoms with Crippen molar-refractivity contribution in [2.45, 2.75) is 23.0 Å². The van der Waals surface area contributed by atoms with Crippen LogP contribution in [0.3, 0.4) is 0 Å². The van der Waals surface area contributed by atoms with E-state index in [0.717, 1.165) is 9.37 Å². The molecule has 1 aromatic rings. The molecule has 1 N–H and O–H groups in total. The number of carboxylic acids is 1. The third-order valence-corrected chi connectivity index (χ3v) is 3.88. The van der Waals surface area contributed by atoms with Gasteiger partial charge in [-0.3, -0.25) is 0 Å². The second-order valence-electron chi connectivity index (χ2n) is 3.26. The SMILES string of the molecule is O=C(O)c1ccc(Br)cc1SC1CC1. The smallest absolute Gasteiger partial charge is 0.336 e. The van der Waals surface area contributed by atoms with Gasteiger partial charge in [0.2, 0.25) is 0 Å². The highest BCUT2D eigenvalue weighted by Crippen LogP contribution is 2.41. The van der Waals surface area contributed by atoms with Crippen molar-refractivity contribution in [2.24, 2.45) is 0 Å². The van der Waals surface area contributed by atoms with Gasteiger partial charge in [0.15, 0.2) is 0 Å². The van der Waals surface area contributed by atoms with Gasteiger partial charge in [0.05, 0.1) is 5.56 Å². The number of halogens is 1. The maximum atomic E-state index is 10.9. The molecule has 74 valence electrons. The van der Waals surface area contributed by atoms with Gasteiger partial charge in [-0.1, -0.05) is 15.9 Å². The summed E-state index contributed by atoms with van der Waals surface area (Å²) in [5.41, 5.74) is 0.408. The Labute approximate surface area is 94.8 Å². The molecule has 0 radical (unpaired) electrons. The molecule has 0 saturated heterocycles. The van der Waals surface area contributed by atoms with Gasteiger partial charge in [0.25, 0.3) is 0 Å². The molecule has 0 unspecified atom stereocenters. The number of carbonyl (C=O) groups is 1. The second-order valence-corrected chi connectivity index (χ2v) is 5.52. The van der Waals surface area contributed by atoms with Crippen LogP contribution < -0.4 is 0 Å². The van der Waals surface area contributed by atoms with Crippen molar-refractivity contribution in [2.75, 3.05) is 0 Å². The summed E-state index contributed by atoms with van der Waals surface area (Å²) in [6.07, 6.45) is 2.41. The fourth-order valence-electron chi connectivity index (χ4n) is 1.14. The van der Waals surface area contributed by atoms with Crippen molar-refractivity contribution >= 4 is 33.7 Å². The first-order valence-corrected chi connectivity index (χ1v) is 6.03. The fourth-order valence-corrected chi connectivity index (χ4v) is 2.86. The molecule has 2 rings (SSSR count). The van der Waals surface area contributed by atoms with Crippen LogP contribution in [0.2, 0.25) is 0 Å². The molecule has 1 fully saturated rings. The molecule has 0 atom stereocenters. The van der Waals surface area contributed by atoms with Gasteiger partial charge in [-0.25, -0.2) is 4.79 Å². The van der Waals surface area contributed by atoms with Gasteiger partial charge in [-0.2, -0.15) is 0 Å². The van der Waals surface area contributed by atoms with E-state index in [9.17, 15) is 4.79 Å². The third kappa shape index (κ3) is 2.30. The van der Waals surface area contributed by atoms with Crippen LogP contribution in [0, 0.1) is 0 Å². The molecule has 14 heavy (non-hydrogen) atoms. The van der Waals surface area contributed by atoms with Crippen molar-refractivity contribution in [1.29, 1.82) is 0 Å². The summed E-state index contributed by atoms with van der Waals surface area (Å²) in [5.74, 6) is -0.847. The summed E-state index contributed by atoms with van der Waals surface area (Å²) in [5, 5.41) is 9.59. The van der Waals surface area contributed by atoms with Crippen LogP contribution in [0.4, 0.5) is 0 Å². The molecule has 1 aliphatic carbocycles. The fraction of sp³-hybridized carbons (Fsp3) is 0.300. The van der Waals surface area contributed by atoms with E-state index >= 15 is 0 Å². The zero-order valence-corrected chi connectivity index (χ0v) is 9.77. The number of carboxylic acid groups (broad SMARTS) is 1. The van der Waals surface area contributed by atoms with Crippen molar-refractivity contribution in [3.8, 4) is 0 Å². The molecule has 4 heteroatoms. The van der Waals surface area contributed by atoms with E-state index in [-0.39, 0.29) is 0 Å². The summed E-state index contributed by atoms with van der Waals surface area (Å²) >= 11 is 5.02. The van der Waals surface area contributed by atoms with Crippen molar-refractivity contribution in [3.63, 3.8) is 0 Å². The number of benzene rings is 1. The summed E-state index contributed by atoms with van der Waals surface area (Å²) in [6, 6.07) is 5.30. The van der Waals surface area contributed by atoms with Crippen LogP contribution in [0.25, 0.3) is 0 Å². The van der Waals surface area contributed by atoms with Gasteiger partial charge in [-0.05, 0) is 31.0 Å². The summed E-state index contributed by atoms with van der Waals surface area (Å²) in [6.45, 7) is 0. The summed E-state index contributed by atoms with van der Waals surface area (Å²) < 4.78 is 0.936. The zero-order valence-electron chi connectivity index (χ0n) is 7.37. The van der Waals surface area contributed by atoms with Gasteiger partial charge in [0.1, 0.15) is 0 Å². The van der Waals surface area contributed by atoms with Crippen molar-refractivity contribution in [3.05, 3.63) is 28.2 Å². The van der Waals surface area contributed by atoms with E-state index in [4.69, 9.17) is 5.11 Å². The molecule has 1 aromatic carbocycles. The lowest BCUT2D eigenvalue weighted by Crippen LogP contribution is -1.98. The first-order chi connectivity index (χ1) is 6.66. The molecule has 0 bridgehead atoms. The lowest BCUT2D eigenvalue weighted by atomic mass is 10.2. The first kappa shape index (κ1) is 10.1. The zero-order chi connectivity index (χ0) is 10.1. The van der Waals surface area contributed by atoms with E-state index in [1.165, 1.54) is 12.8 Å². The molecule has 0 amide bonds. The Kier molecular flexibility index (Phi) is 2.83. The molecule has 2 nitrogen and oxygen atoms in total. The monoisotopic (exact) mass is 272 g/mol. The van der Waals surface area contributed by atoms with Gasteiger partial charge < -0.3 is 5.11 Å². The Hall–Kier alpha value is -0.480. The molecule has 0 aliphatic heterocycles. The predicted molar refractivity (Wildman–Crippen MR) is 60.0 cm³/mol. The van der Waals surface area contributed by atoms with Crippen molar-refractivity contribution < 1.29 is 9.90 Å². The second kappa shape index (κ2) is 3.95. The van der Waals surface area contributed by atoms with Gasteiger partial charge in [-0.15, -0.1) is 11.8 Å². The topological polar surface area (TPSA) is 37.3 Å². The van der Waals surface area contributed by atoms with E-state index < -0.39 is 5.97 Å². The third-order valence-electron chi connectivity index (χ3n) is 1.99. The molecule has 1 aliphatic rings. The minimum atomic E-state index is -0.847. The first-order valence-electron chi connectivity index (χ1n) is 4.36. The van der Waals surface area contributed by atoms with Crippen LogP contribution in [-0.2, 0) is 0 Å². The number of rotatable bonds is 3. The standard InChI is InChI=1S/C10H9BrO2S/c11-6-1-4-8(10(12)13)9(5-6)14-7-2-3-7/h1,4-5,7H,2-3H2,(H,12,13). The molecule has 0 spiro atoms. The largest absolute Gasteiger partial charge is 0.478 e. The molecule has 1 saturated carbocycles. The van der Waals surface area contributed by atoms with Crippen LogP contribution >= 0.6 is 27.7 Å². The van der Waals surface area contributed by atoms with Crippen LogP contribution in [-0.4, -0.2) is 16.3 Å². The molecular weight excluding hydrogens is 264 g/mol. The Bertz CT molecular complexity index is 374. The maximum absolute atomic E-state index is 10.9. The van der Waals surface area contributed by atoms with E-state index in [1.54, 1.807) is 23.9 Å². The number of aromatic carboxylic acids is 1. The minimum absolute atomic E-state index is 0.408. The lowest BCUT2D eigenvalue weighted by molar-refractivity contribution is 0.0693. The average molecular weight is 273 g/mol. The number of thioether (sulfide) groups is 1. The number of hydrogen-bond acceptors (Lipinski definition) is 2.